The molecule has 1 aliphatic heterocycles. The number of carbonyl (C=O) groups excluding carboxylic acids is 2. The van der Waals surface area contributed by atoms with E-state index >= 15 is 0 Å². The molecule has 26 heavy (non-hydrogen) atoms. The summed E-state index contributed by atoms with van der Waals surface area (Å²) in [6.45, 7) is 6.30. The number of fused-ring (bicyclic) bond motifs is 1. The predicted octanol–water partition coefficient (Wildman–Crippen LogP) is 3.29. The molecule has 2 amide bonds. The standard InChI is InChI=1S/C18H21ClN4O2S/c1-18(2,3)23-15(13-9-26-10-14(13)22-23)21-17(25)16(24)20-8-11-4-6-12(19)7-5-11/h4-7H,8-10H2,1-3H3,(H,20,24)(H,21,25). The molecular formula is C18H21ClN4O2S. The lowest BCUT2D eigenvalue weighted by molar-refractivity contribution is -0.136. The molecule has 0 unspecified atom stereocenters. The summed E-state index contributed by atoms with van der Waals surface area (Å²) < 4.78 is 1.79. The zero-order chi connectivity index (χ0) is 18.9. The second kappa shape index (κ2) is 7.32. The lowest BCUT2D eigenvalue weighted by Gasteiger charge is -2.23. The summed E-state index contributed by atoms with van der Waals surface area (Å²) in [5.74, 6) is 0.853. The molecule has 2 heterocycles. The van der Waals surface area contributed by atoms with Gasteiger partial charge in [0.2, 0.25) is 0 Å². The number of hydrogen-bond donors (Lipinski definition) is 2. The molecule has 0 aliphatic carbocycles. The van der Waals surface area contributed by atoms with Gasteiger partial charge in [0.25, 0.3) is 0 Å². The van der Waals surface area contributed by atoms with Crippen LogP contribution in [0.25, 0.3) is 0 Å². The lowest BCUT2D eigenvalue weighted by Crippen LogP contribution is -2.36. The van der Waals surface area contributed by atoms with E-state index in [0.717, 1.165) is 28.3 Å². The molecule has 0 fully saturated rings. The van der Waals surface area contributed by atoms with Crippen LogP contribution in [0, 0.1) is 0 Å². The van der Waals surface area contributed by atoms with Crippen molar-refractivity contribution in [3.63, 3.8) is 0 Å². The molecule has 2 N–H and O–H groups in total. The number of halogens is 1. The predicted molar refractivity (Wildman–Crippen MR) is 104 cm³/mol. The maximum absolute atomic E-state index is 12.4. The van der Waals surface area contributed by atoms with Crippen LogP contribution in [0.2, 0.25) is 5.02 Å². The number of anilines is 1. The van der Waals surface area contributed by atoms with Crippen LogP contribution in [-0.2, 0) is 33.2 Å². The Bertz CT molecular complexity index is 840. The molecule has 138 valence electrons. The van der Waals surface area contributed by atoms with Gasteiger partial charge in [0.05, 0.1) is 11.2 Å². The smallest absolute Gasteiger partial charge is 0.314 e. The summed E-state index contributed by atoms with van der Waals surface area (Å²) in [7, 11) is 0. The number of thioether (sulfide) groups is 1. The van der Waals surface area contributed by atoms with Crippen molar-refractivity contribution in [3.05, 3.63) is 46.1 Å². The van der Waals surface area contributed by atoms with Crippen LogP contribution >= 0.6 is 23.4 Å². The van der Waals surface area contributed by atoms with Gasteiger partial charge in [-0.2, -0.15) is 16.9 Å². The highest BCUT2D eigenvalue weighted by Crippen LogP contribution is 2.37. The third-order valence-corrected chi connectivity index (χ3v) is 5.21. The van der Waals surface area contributed by atoms with Crippen molar-refractivity contribution in [2.24, 2.45) is 0 Å². The lowest BCUT2D eigenvalue weighted by atomic mass is 10.1. The molecule has 0 spiro atoms. The molecular weight excluding hydrogens is 372 g/mol. The van der Waals surface area contributed by atoms with Crippen molar-refractivity contribution in [2.75, 3.05) is 5.32 Å². The quantitative estimate of drug-likeness (QED) is 0.786. The molecule has 0 saturated heterocycles. The highest BCUT2D eigenvalue weighted by molar-refractivity contribution is 7.98. The number of carbonyl (C=O) groups is 2. The molecule has 0 saturated carbocycles. The van der Waals surface area contributed by atoms with Crippen LogP contribution in [0.15, 0.2) is 24.3 Å². The van der Waals surface area contributed by atoms with Crippen molar-refractivity contribution in [3.8, 4) is 0 Å². The molecule has 3 rings (SSSR count). The Balaban J connectivity index is 1.69. The molecule has 1 aliphatic rings. The third kappa shape index (κ3) is 4.04. The number of hydrogen-bond acceptors (Lipinski definition) is 4. The maximum Gasteiger partial charge on any atom is 0.314 e. The monoisotopic (exact) mass is 392 g/mol. The first-order chi connectivity index (χ1) is 12.3. The van der Waals surface area contributed by atoms with Gasteiger partial charge in [-0.25, -0.2) is 4.68 Å². The summed E-state index contributed by atoms with van der Waals surface area (Å²) in [6, 6.07) is 7.09. The van der Waals surface area contributed by atoms with E-state index in [2.05, 4.69) is 15.7 Å². The Morgan fingerprint density at radius 2 is 1.88 bits per heavy atom. The van der Waals surface area contributed by atoms with Gasteiger partial charge < -0.3 is 10.6 Å². The minimum absolute atomic E-state index is 0.260. The van der Waals surface area contributed by atoms with Crippen molar-refractivity contribution < 1.29 is 9.59 Å². The SMILES string of the molecule is CC(C)(C)n1nc2c(c1NC(=O)C(=O)NCc1ccc(Cl)cc1)CSC2. The molecule has 0 radical (unpaired) electrons. The summed E-state index contributed by atoms with van der Waals surface area (Å²) in [5, 5.41) is 10.6. The Morgan fingerprint density at radius 1 is 1.19 bits per heavy atom. The number of nitrogens with one attached hydrogen (secondary N) is 2. The van der Waals surface area contributed by atoms with E-state index in [-0.39, 0.29) is 12.1 Å². The Morgan fingerprint density at radius 3 is 2.54 bits per heavy atom. The first kappa shape index (κ1) is 18.8. The Labute approximate surface area is 161 Å². The molecule has 1 aromatic carbocycles. The van der Waals surface area contributed by atoms with Crippen LogP contribution in [-0.4, -0.2) is 21.6 Å². The average molecular weight is 393 g/mol. The van der Waals surface area contributed by atoms with E-state index in [0.29, 0.717) is 10.8 Å². The molecule has 6 nitrogen and oxygen atoms in total. The highest BCUT2D eigenvalue weighted by atomic mass is 35.5. The summed E-state index contributed by atoms with van der Waals surface area (Å²) >= 11 is 7.59. The second-order valence-corrected chi connectivity index (χ2v) is 8.53. The summed E-state index contributed by atoms with van der Waals surface area (Å²) in [4.78, 5) is 24.6. The van der Waals surface area contributed by atoms with Gasteiger partial charge >= 0.3 is 11.8 Å². The Hall–Kier alpha value is -1.99. The van der Waals surface area contributed by atoms with Crippen LogP contribution in [0.1, 0.15) is 37.6 Å². The number of amides is 2. The van der Waals surface area contributed by atoms with Gasteiger partial charge in [-0.3, -0.25) is 9.59 Å². The van der Waals surface area contributed by atoms with Crippen LogP contribution in [0.3, 0.4) is 0 Å². The van der Waals surface area contributed by atoms with Crippen molar-refractivity contribution >= 4 is 41.0 Å². The van der Waals surface area contributed by atoms with Crippen molar-refractivity contribution in [1.82, 2.24) is 15.1 Å². The van der Waals surface area contributed by atoms with Crippen molar-refractivity contribution in [1.29, 1.82) is 0 Å². The third-order valence-electron chi connectivity index (χ3n) is 3.99. The molecule has 0 atom stereocenters. The van der Waals surface area contributed by atoms with E-state index in [1.54, 1.807) is 40.7 Å². The number of benzene rings is 1. The van der Waals surface area contributed by atoms with Gasteiger partial charge in [-0.1, -0.05) is 23.7 Å². The second-order valence-electron chi connectivity index (χ2n) is 7.11. The Kier molecular flexibility index (Phi) is 5.29. The fraction of sp³-hybridized carbons (Fsp3) is 0.389. The van der Waals surface area contributed by atoms with E-state index < -0.39 is 11.8 Å². The molecule has 1 aromatic heterocycles. The number of nitrogens with zero attached hydrogens (tertiary/aromatic N) is 2. The van der Waals surface area contributed by atoms with Gasteiger partial charge in [-0.05, 0) is 38.5 Å². The van der Waals surface area contributed by atoms with Gasteiger partial charge in [0.15, 0.2) is 0 Å². The minimum Gasteiger partial charge on any atom is -0.344 e. The van der Waals surface area contributed by atoms with Crippen LogP contribution in [0.4, 0.5) is 5.82 Å². The van der Waals surface area contributed by atoms with Crippen LogP contribution in [0.5, 0.6) is 0 Å². The largest absolute Gasteiger partial charge is 0.344 e. The maximum atomic E-state index is 12.4. The van der Waals surface area contributed by atoms with E-state index in [1.807, 2.05) is 20.8 Å². The highest BCUT2D eigenvalue weighted by Gasteiger charge is 2.29. The zero-order valence-electron chi connectivity index (χ0n) is 14.9. The van der Waals surface area contributed by atoms with E-state index in [4.69, 9.17) is 11.6 Å². The van der Waals surface area contributed by atoms with Gasteiger partial charge in [-0.15, -0.1) is 0 Å². The number of rotatable bonds is 3. The molecule has 2 aromatic rings. The topological polar surface area (TPSA) is 76.0 Å². The summed E-state index contributed by atoms with van der Waals surface area (Å²) in [5.41, 5.74) is 2.55. The van der Waals surface area contributed by atoms with Crippen molar-refractivity contribution in [2.45, 2.75) is 44.4 Å². The van der Waals surface area contributed by atoms with Gasteiger partial charge in [0.1, 0.15) is 5.82 Å². The normalized spacial score (nSPS) is 13.4. The molecule has 0 bridgehead atoms. The fourth-order valence-electron chi connectivity index (χ4n) is 2.66. The zero-order valence-corrected chi connectivity index (χ0v) is 16.5. The minimum atomic E-state index is -0.691. The first-order valence-corrected chi connectivity index (χ1v) is 9.81. The van der Waals surface area contributed by atoms with Crippen LogP contribution < -0.4 is 10.6 Å². The molecule has 8 heteroatoms. The van der Waals surface area contributed by atoms with E-state index in [9.17, 15) is 9.59 Å². The summed E-state index contributed by atoms with van der Waals surface area (Å²) in [6.07, 6.45) is 0. The van der Waals surface area contributed by atoms with E-state index in [1.165, 1.54) is 0 Å². The fourth-order valence-corrected chi connectivity index (χ4v) is 3.82. The average Bonchev–Trinajstić information content (AvgIpc) is 3.16. The first-order valence-electron chi connectivity index (χ1n) is 8.28. The number of aromatic nitrogens is 2. The van der Waals surface area contributed by atoms with Gasteiger partial charge in [0, 0.05) is 28.6 Å².